The van der Waals surface area contributed by atoms with Crippen molar-refractivity contribution in [3.05, 3.63) is 10.6 Å². The SMILES string of the molecule is Cc1nc(N2CCC(CCl)CC2)sc1C. The van der Waals surface area contributed by atoms with Gasteiger partial charge in [-0.2, -0.15) is 0 Å². The number of nitrogens with zero attached hydrogens (tertiary/aromatic N) is 2. The number of anilines is 1. The molecule has 2 rings (SSSR count). The van der Waals surface area contributed by atoms with Crippen molar-refractivity contribution in [1.29, 1.82) is 0 Å². The first-order valence-electron chi connectivity index (χ1n) is 5.45. The lowest BCUT2D eigenvalue weighted by Crippen LogP contribution is -2.34. The van der Waals surface area contributed by atoms with Crippen molar-refractivity contribution in [2.75, 3.05) is 23.9 Å². The van der Waals surface area contributed by atoms with Gasteiger partial charge in [0.05, 0.1) is 5.69 Å². The van der Waals surface area contributed by atoms with Crippen LogP contribution in [-0.4, -0.2) is 24.0 Å². The van der Waals surface area contributed by atoms with E-state index in [9.17, 15) is 0 Å². The van der Waals surface area contributed by atoms with Crippen molar-refractivity contribution in [3.63, 3.8) is 0 Å². The highest BCUT2D eigenvalue weighted by Crippen LogP contribution is 2.29. The number of rotatable bonds is 2. The van der Waals surface area contributed by atoms with Crippen LogP contribution in [0.4, 0.5) is 5.13 Å². The van der Waals surface area contributed by atoms with Gasteiger partial charge in [0.1, 0.15) is 0 Å². The first-order valence-corrected chi connectivity index (χ1v) is 6.80. The number of aromatic nitrogens is 1. The summed E-state index contributed by atoms with van der Waals surface area (Å²) in [7, 11) is 0. The topological polar surface area (TPSA) is 16.1 Å². The average molecular weight is 245 g/mol. The van der Waals surface area contributed by atoms with Gasteiger partial charge in [-0.05, 0) is 32.6 Å². The Morgan fingerprint density at radius 1 is 1.40 bits per heavy atom. The summed E-state index contributed by atoms with van der Waals surface area (Å²) in [6.07, 6.45) is 2.42. The van der Waals surface area contributed by atoms with Crippen LogP contribution in [0.1, 0.15) is 23.4 Å². The molecule has 1 fully saturated rings. The van der Waals surface area contributed by atoms with Crippen molar-refractivity contribution >= 4 is 28.1 Å². The molecule has 0 spiro atoms. The van der Waals surface area contributed by atoms with Crippen molar-refractivity contribution in [1.82, 2.24) is 4.98 Å². The maximum atomic E-state index is 5.87. The minimum absolute atomic E-state index is 0.713. The first kappa shape index (κ1) is 11.2. The lowest BCUT2D eigenvalue weighted by atomic mass is 9.99. The summed E-state index contributed by atoms with van der Waals surface area (Å²) in [5.74, 6) is 1.52. The van der Waals surface area contributed by atoms with Gasteiger partial charge in [0.25, 0.3) is 0 Å². The molecule has 1 aliphatic rings. The minimum atomic E-state index is 0.713. The number of alkyl halides is 1. The van der Waals surface area contributed by atoms with E-state index in [1.54, 1.807) is 0 Å². The zero-order valence-electron chi connectivity index (χ0n) is 9.29. The maximum Gasteiger partial charge on any atom is 0.185 e. The molecule has 0 aliphatic carbocycles. The number of aryl methyl sites for hydroxylation is 2. The Kier molecular flexibility index (Phi) is 3.52. The van der Waals surface area contributed by atoms with Gasteiger partial charge < -0.3 is 4.90 Å². The molecule has 1 aromatic rings. The molecule has 2 nitrogen and oxygen atoms in total. The van der Waals surface area contributed by atoms with Crippen LogP contribution in [0.15, 0.2) is 0 Å². The fourth-order valence-corrected chi connectivity index (χ4v) is 3.14. The van der Waals surface area contributed by atoms with Gasteiger partial charge in [-0.3, -0.25) is 0 Å². The molecule has 1 aliphatic heterocycles. The molecule has 0 unspecified atom stereocenters. The fourth-order valence-electron chi connectivity index (χ4n) is 1.87. The van der Waals surface area contributed by atoms with Crippen LogP contribution < -0.4 is 4.90 Å². The molecule has 0 N–H and O–H groups in total. The Morgan fingerprint density at radius 2 is 2.07 bits per heavy atom. The second-order valence-electron chi connectivity index (χ2n) is 4.22. The molecule has 0 radical (unpaired) electrons. The van der Waals surface area contributed by atoms with Gasteiger partial charge >= 0.3 is 0 Å². The highest BCUT2D eigenvalue weighted by molar-refractivity contribution is 7.15. The van der Waals surface area contributed by atoms with Crippen LogP contribution in [0.2, 0.25) is 0 Å². The Bertz CT molecular complexity index is 310. The zero-order chi connectivity index (χ0) is 10.8. The van der Waals surface area contributed by atoms with E-state index >= 15 is 0 Å². The smallest absolute Gasteiger partial charge is 0.185 e. The van der Waals surface area contributed by atoms with Gasteiger partial charge in [0.15, 0.2) is 5.13 Å². The van der Waals surface area contributed by atoms with Crippen molar-refractivity contribution in [2.24, 2.45) is 5.92 Å². The predicted molar refractivity (Wildman–Crippen MR) is 67.2 cm³/mol. The van der Waals surface area contributed by atoms with Crippen molar-refractivity contribution < 1.29 is 0 Å². The van der Waals surface area contributed by atoms with E-state index in [4.69, 9.17) is 11.6 Å². The Labute approximate surface area is 100 Å². The lowest BCUT2D eigenvalue weighted by molar-refractivity contribution is 0.442. The summed E-state index contributed by atoms with van der Waals surface area (Å²) in [6, 6.07) is 0. The fraction of sp³-hybridized carbons (Fsp3) is 0.727. The molecule has 4 heteroatoms. The molecular formula is C11H17ClN2S. The van der Waals surface area contributed by atoms with Crippen LogP contribution in [0.5, 0.6) is 0 Å². The standard InChI is InChI=1S/C11H17ClN2S/c1-8-9(2)15-11(13-8)14-5-3-10(7-12)4-6-14/h10H,3-7H2,1-2H3. The monoisotopic (exact) mass is 244 g/mol. The molecule has 0 atom stereocenters. The third-order valence-corrected chi connectivity index (χ3v) is 4.69. The summed E-state index contributed by atoms with van der Waals surface area (Å²) >= 11 is 7.68. The van der Waals surface area contributed by atoms with Crippen molar-refractivity contribution in [2.45, 2.75) is 26.7 Å². The molecule has 0 saturated carbocycles. The average Bonchev–Trinajstić information content (AvgIpc) is 2.59. The summed E-state index contributed by atoms with van der Waals surface area (Å²) in [6.45, 7) is 6.45. The highest BCUT2D eigenvalue weighted by Gasteiger charge is 2.20. The van der Waals surface area contributed by atoms with Gasteiger partial charge in [-0.25, -0.2) is 4.98 Å². The van der Waals surface area contributed by atoms with Gasteiger partial charge in [-0.15, -0.1) is 22.9 Å². The largest absolute Gasteiger partial charge is 0.348 e. The minimum Gasteiger partial charge on any atom is -0.348 e. The number of thiazole rings is 1. The van der Waals surface area contributed by atoms with Crippen LogP contribution >= 0.6 is 22.9 Å². The summed E-state index contributed by atoms with van der Waals surface area (Å²) in [4.78, 5) is 8.33. The molecule has 15 heavy (non-hydrogen) atoms. The second kappa shape index (κ2) is 4.71. The van der Waals surface area contributed by atoms with E-state index in [-0.39, 0.29) is 0 Å². The summed E-state index contributed by atoms with van der Waals surface area (Å²) in [5.41, 5.74) is 1.18. The number of hydrogen-bond acceptors (Lipinski definition) is 3. The molecular weight excluding hydrogens is 228 g/mol. The summed E-state index contributed by atoms with van der Waals surface area (Å²) in [5, 5.41) is 1.19. The van der Waals surface area contributed by atoms with Crippen molar-refractivity contribution in [3.8, 4) is 0 Å². The Balaban J connectivity index is 2.01. The highest BCUT2D eigenvalue weighted by atomic mass is 35.5. The normalized spacial score (nSPS) is 18.5. The molecule has 1 aromatic heterocycles. The Morgan fingerprint density at radius 3 is 2.53 bits per heavy atom. The lowest BCUT2D eigenvalue weighted by Gasteiger charge is -2.30. The maximum absolute atomic E-state index is 5.87. The number of halogens is 1. The molecule has 2 heterocycles. The van der Waals surface area contributed by atoms with Crippen LogP contribution in [0.3, 0.4) is 0 Å². The van der Waals surface area contributed by atoms with E-state index < -0.39 is 0 Å². The molecule has 84 valence electrons. The molecule has 0 aromatic carbocycles. The third kappa shape index (κ3) is 2.45. The Hall–Kier alpha value is -0.280. The van der Waals surface area contributed by atoms with Gasteiger partial charge in [0.2, 0.25) is 0 Å². The predicted octanol–water partition coefficient (Wildman–Crippen LogP) is 3.22. The molecule has 1 saturated heterocycles. The number of hydrogen-bond donors (Lipinski definition) is 0. The third-order valence-electron chi connectivity index (χ3n) is 3.12. The van der Waals surface area contributed by atoms with Gasteiger partial charge in [-0.1, -0.05) is 0 Å². The molecule has 0 bridgehead atoms. The van der Waals surface area contributed by atoms with E-state index in [1.807, 2.05) is 11.3 Å². The van der Waals surface area contributed by atoms with E-state index in [0.717, 1.165) is 19.0 Å². The van der Waals surface area contributed by atoms with Crippen LogP contribution in [0, 0.1) is 19.8 Å². The first-order chi connectivity index (χ1) is 7.20. The number of piperidine rings is 1. The zero-order valence-corrected chi connectivity index (χ0v) is 10.9. The van der Waals surface area contributed by atoms with E-state index in [2.05, 4.69) is 23.7 Å². The summed E-state index contributed by atoms with van der Waals surface area (Å²) < 4.78 is 0. The van der Waals surface area contributed by atoms with E-state index in [1.165, 1.54) is 28.5 Å². The van der Waals surface area contributed by atoms with Crippen LogP contribution in [0.25, 0.3) is 0 Å². The quantitative estimate of drug-likeness (QED) is 0.743. The van der Waals surface area contributed by atoms with Gasteiger partial charge in [0, 0.05) is 23.8 Å². The molecule has 0 amide bonds. The van der Waals surface area contributed by atoms with Crippen LogP contribution in [-0.2, 0) is 0 Å². The second-order valence-corrected chi connectivity index (χ2v) is 5.71. The van der Waals surface area contributed by atoms with E-state index in [0.29, 0.717) is 5.92 Å².